The maximum absolute atomic E-state index is 11.7. The third-order valence-electron chi connectivity index (χ3n) is 2.91. The first-order chi connectivity index (χ1) is 10.8. The van der Waals surface area contributed by atoms with Gasteiger partial charge in [0.2, 0.25) is 5.91 Å². The minimum absolute atomic E-state index is 0.134. The lowest BCUT2D eigenvalue weighted by atomic mass is 10.3. The molecule has 3 aromatic rings. The first-order valence-electron chi connectivity index (χ1n) is 6.79. The number of aromatic nitrogens is 1. The molecule has 0 bridgehead atoms. The van der Waals surface area contributed by atoms with Crippen LogP contribution in [-0.2, 0) is 11.2 Å². The molecule has 22 heavy (non-hydrogen) atoms. The van der Waals surface area contributed by atoms with Crippen molar-refractivity contribution >= 4 is 34.7 Å². The first-order valence-corrected chi connectivity index (χ1v) is 8.55. The van der Waals surface area contributed by atoms with Crippen LogP contribution in [0.25, 0.3) is 16.0 Å². The van der Waals surface area contributed by atoms with Gasteiger partial charge in [-0.3, -0.25) is 4.79 Å². The van der Waals surface area contributed by atoms with Gasteiger partial charge in [0.15, 0.2) is 0 Å². The molecule has 0 aromatic carbocycles. The van der Waals surface area contributed by atoms with Crippen LogP contribution in [0.4, 0.5) is 0 Å². The van der Waals surface area contributed by atoms with Gasteiger partial charge in [-0.2, -0.15) is 0 Å². The minimum atomic E-state index is -0.134. The largest absolute Gasteiger partial charge is 0.465 e. The molecule has 6 heteroatoms. The van der Waals surface area contributed by atoms with Gasteiger partial charge in [0.1, 0.15) is 10.8 Å². The third-order valence-corrected chi connectivity index (χ3v) is 4.84. The molecule has 0 aliphatic rings. The van der Waals surface area contributed by atoms with E-state index >= 15 is 0 Å². The van der Waals surface area contributed by atoms with Crippen LogP contribution < -0.4 is 5.32 Å². The number of amides is 1. The van der Waals surface area contributed by atoms with Gasteiger partial charge in [-0.25, -0.2) is 4.98 Å². The average molecular weight is 330 g/mol. The summed E-state index contributed by atoms with van der Waals surface area (Å²) in [7, 11) is 0. The Morgan fingerprint density at radius 1 is 1.32 bits per heavy atom. The Balaban J connectivity index is 1.46. The van der Waals surface area contributed by atoms with E-state index in [1.54, 1.807) is 47.1 Å². The molecule has 0 saturated carbocycles. The normalized spacial score (nSPS) is 11.1. The molecule has 0 spiro atoms. The number of carbonyl (C=O) groups excluding carboxylic acids is 1. The molecule has 0 radical (unpaired) electrons. The fourth-order valence-electron chi connectivity index (χ4n) is 1.85. The predicted molar refractivity (Wildman–Crippen MR) is 89.9 cm³/mol. The van der Waals surface area contributed by atoms with Gasteiger partial charge in [-0.15, -0.1) is 22.7 Å². The number of thiophene rings is 1. The minimum Gasteiger partial charge on any atom is -0.465 e. The fourth-order valence-corrected chi connectivity index (χ4v) is 3.52. The maximum atomic E-state index is 11.7. The molecule has 0 saturated heterocycles. The Morgan fingerprint density at radius 3 is 3.05 bits per heavy atom. The zero-order valence-electron chi connectivity index (χ0n) is 11.7. The second kappa shape index (κ2) is 7.20. The van der Waals surface area contributed by atoms with Crippen molar-refractivity contribution in [3.05, 3.63) is 58.8 Å². The summed E-state index contributed by atoms with van der Waals surface area (Å²) in [6.07, 6.45) is 5.41. The van der Waals surface area contributed by atoms with E-state index in [-0.39, 0.29) is 5.91 Å². The van der Waals surface area contributed by atoms with Crippen molar-refractivity contribution in [2.45, 2.75) is 6.42 Å². The molecule has 4 nitrogen and oxygen atoms in total. The first kappa shape index (κ1) is 14.7. The van der Waals surface area contributed by atoms with E-state index in [1.807, 2.05) is 16.8 Å². The highest BCUT2D eigenvalue weighted by Gasteiger charge is 2.05. The highest BCUT2D eigenvalue weighted by atomic mass is 32.1. The SMILES string of the molecule is O=C(C=Cc1ccco1)NCCc1csc(-c2cccs2)n1. The van der Waals surface area contributed by atoms with Crippen LogP contribution in [0, 0.1) is 0 Å². The number of furan rings is 1. The maximum Gasteiger partial charge on any atom is 0.244 e. The van der Waals surface area contributed by atoms with Crippen LogP contribution in [0.5, 0.6) is 0 Å². The van der Waals surface area contributed by atoms with Crippen LogP contribution in [0.15, 0.2) is 51.8 Å². The second-order valence-corrected chi connectivity index (χ2v) is 6.32. The molecule has 0 atom stereocenters. The lowest BCUT2D eigenvalue weighted by Crippen LogP contribution is -2.23. The van der Waals surface area contributed by atoms with Crippen LogP contribution in [-0.4, -0.2) is 17.4 Å². The van der Waals surface area contributed by atoms with Crippen LogP contribution in [0.2, 0.25) is 0 Å². The number of nitrogens with one attached hydrogen (secondary N) is 1. The van der Waals surface area contributed by atoms with Gasteiger partial charge in [0, 0.05) is 24.4 Å². The fraction of sp³-hybridized carbons (Fsp3) is 0.125. The van der Waals surface area contributed by atoms with E-state index in [1.165, 1.54) is 11.0 Å². The number of rotatable bonds is 6. The molecule has 3 heterocycles. The Labute approximate surface area is 136 Å². The number of nitrogens with zero attached hydrogens (tertiary/aromatic N) is 1. The van der Waals surface area contributed by atoms with Gasteiger partial charge in [-0.05, 0) is 29.7 Å². The van der Waals surface area contributed by atoms with E-state index in [0.29, 0.717) is 12.3 Å². The summed E-state index contributed by atoms with van der Waals surface area (Å²) in [5.74, 6) is 0.528. The quantitative estimate of drug-likeness (QED) is 0.699. The third kappa shape index (κ3) is 3.93. The molecule has 0 aliphatic carbocycles. The lowest BCUT2D eigenvalue weighted by Gasteiger charge is -1.99. The van der Waals surface area contributed by atoms with Crippen molar-refractivity contribution in [1.82, 2.24) is 10.3 Å². The topological polar surface area (TPSA) is 55.1 Å². The number of carbonyl (C=O) groups is 1. The number of thiazole rings is 1. The van der Waals surface area contributed by atoms with E-state index < -0.39 is 0 Å². The molecule has 112 valence electrons. The van der Waals surface area contributed by atoms with Gasteiger partial charge in [0.25, 0.3) is 0 Å². The van der Waals surface area contributed by atoms with E-state index in [4.69, 9.17) is 4.42 Å². The zero-order chi connectivity index (χ0) is 15.2. The van der Waals surface area contributed by atoms with Crippen LogP contribution in [0.3, 0.4) is 0 Å². The summed E-state index contributed by atoms with van der Waals surface area (Å²) in [5.41, 5.74) is 1.00. The Bertz CT molecular complexity index is 743. The molecule has 3 aromatic heterocycles. The van der Waals surface area contributed by atoms with Crippen molar-refractivity contribution in [1.29, 1.82) is 0 Å². The Morgan fingerprint density at radius 2 is 2.27 bits per heavy atom. The van der Waals surface area contributed by atoms with Crippen LogP contribution >= 0.6 is 22.7 Å². The highest BCUT2D eigenvalue weighted by Crippen LogP contribution is 2.27. The smallest absolute Gasteiger partial charge is 0.244 e. The van der Waals surface area contributed by atoms with E-state index in [0.717, 1.165) is 17.1 Å². The zero-order valence-corrected chi connectivity index (χ0v) is 13.3. The highest BCUT2D eigenvalue weighted by molar-refractivity contribution is 7.20. The molecule has 0 unspecified atom stereocenters. The van der Waals surface area contributed by atoms with E-state index in [2.05, 4.69) is 16.4 Å². The second-order valence-electron chi connectivity index (χ2n) is 4.51. The van der Waals surface area contributed by atoms with Crippen LogP contribution in [0.1, 0.15) is 11.5 Å². The standard InChI is InChI=1S/C16H14N2O2S2/c19-15(6-5-13-3-1-9-20-13)17-8-7-12-11-22-16(18-12)14-4-2-10-21-14/h1-6,9-11H,7-8H2,(H,17,19). The lowest BCUT2D eigenvalue weighted by molar-refractivity contribution is -0.116. The summed E-state index contributed by atoms with van der Waals surface area (Å²) in [6.45, 7) is 0.564. The molecule has 1 amide bonds. The average Bonchev–Trinajstić information content (AvgIpc) is 3.26. The summed E-state index contributed by atoms with van der Waals surface area (Å²) >= 11 is 3.32. The summed E-state index contributed by atoms with van der Waals surface area (Å²) < 4.78 is 5.12. The molecule has 1 N–H and O–H groups in total. The van der Waals surface area contributed by atoms with Crippen molar-refractivity contribution in [3.63, 3.8) is 0 Å². The van der Waals surface area contributed by atoms with Crippen molar-refractivity contribution < 1.29 is 9.21 Å². The predicted octanol–water partition coefficient (Wildman–Crippen LogP) is 3.84. The van der Waals surface area contributed by atoms with E-state index in [9.17, 15) is 4.79 Å². The van der Waals surface area contributed by atoms with Crippen molar-refractivity contribution in [2.75, 3.05) is 6.54 Å². The van der Waals surface area contributed by atoms with Gasteiger partial charge < -0.3 is 9.73 Å². The van der Waals surface area contributed by atoms with Crippen molar-refractivity contribution in [3.8, 4) is 9.88 Å². The summed E-state index contributed by atoms with van der Waals surface area (Å²) in [5, 5.41) is 7.96. The summed E-state index contributed by atoms with van der Waals surface area (Å²) in [4.78, 5) is 17.4. The monoisotopic (exact) mass is 330 g/mol. The number of hydrogen-bond acceptors (Lipinski definition) is 5. The Hall–Kier alpha value is -2.18. The van der Waals surface area contributed by atoms with Gasteiger partial charge in [-0.1, -0.05) is 6.07 Å². The number of hydrogen-bond donors (Lipinski definition) is 1. The van der Waals surface area contributed by atoms with Gasteiger partial charge in [0.05, 0.1) is 16.8 Å². The molecule has 3 rings (SSSR count). The molecule has 0 fully saturated rings. The molecular weight excluding hydrogens is 316 g/mol. The Kier molecular flexibility index (Phi) is 4.82. The summed E-state index contributed by atoms with van der Waals surface area (Å²) in [6, 6.07) is 7.66. The van der Waals surface area contributed by atoms with Gasteiger partial charge >= 0.3 is 0 Å². The molecule has 0 aliphatic heterocycles. The molecular formula is C16H14N2O2S2. The van der Waals surface area contributed by atoms with Crippen molar-refractivity contribution in [2.24, 2.45) is 0 Å².